The summed E-state index contributed by atoms with van der Waals surface area (Å²) < 4.78 is 4.84. The fourth-order valence-corrected chi connectivity index (χ4v) is 2.58. The molecule has 5 nitrogen and oxygen atoms in total. The van der Waals surface area contributed by atoms with Crippen LogP contribution in [0.1, 0.15) is 60.3 Å². The molecule has 1 aliphatic carbocycles. The normalized spacial score (nSPS) is 18.3. The van der Waals surface area contributed by atoms with Gasteiger partial charge in [0.1, 0.15) is 0 Å². The third-order valence-electron chi connectivity index (χ3n) is 4.40. The van der Waals surface area contributed by atoms with Crippen molar-refractivity contribution in [1.29, 1.82) is 0 Å². The van der Waals surface area contributed by atoms with Crippen molar-refractivity contribution in [3.8, 4) is 0 Å². The van der Waals surface area contributed by atoms with E-state index in [2.05, 4.69) is 0 Å². The topological polar surface area (TPSA) is 80.7 Å². The molecule has 0 aromatic heterocycles. The number of carbonyl (C=O) groups is 3. The quantitative estimate of drug-likeness (QED) is 0.576. The first-order valence-corrected chi connectivity index (χ1v) is 7.95. The summed E-state index contributed by atoms with van der Waals surface area (Å²) in [7, 11) is 0. The predicted octanol–water partition coefficient (Wildman–Crippen LogP) is 2.67. The number of aliphatic hydroxyl groups is 1. The molecule has 0 aliphatic heterocycles. The Labute approximate surface area is 137 Å². The van der Waals surface area contributed by atoms with Gasteiger partial charge < -0.3 is 9.84 Å². The van der Waals surface area contributed by atoms with Crippen LogP contribution in [0.25, 0.3) is 0 Å². The van der Waals surface area contributed by atoms with Crippen molar-refractivity contribution in [2.24, 2.45) is 0 Å². The highest BCUT2D eigenvalue weighted by Crippen LogP contribution is 2.30. The molecule has 1 unspecified atom stereocenters. The molecule has 0 aromatic carbocycles. The zero-order chi connectivity index (χ0) is 17.8. The molecule has 0 radical (unpaired) electrons. The van der Waals surface area contributed by atoms with Gasteiger partial charge in [0.2, 0.25) is 0 Å². The monoisotopic (exact) mass is 322 g/mol. The van der Waals surface area contributed by atoms with Gasteiger partial charge in [0.25, 0.3) is 0 Å². The molecule has 0 fully saturated rings. The highest BCUT2D eigenvalue weighted by molar-refractivity contribution is 6.24. The third kappa shape index (κ3) is 4.86. The number of Topliss-reactive ketones (excluding diaryl/α,β-unsaturated/α-hetero) is 2. The number of ketones is 2. The fraction of sp³-hybridized carbons (Fsp3) is 0.611. The molecule has 128 valence electrons. The molecule has 0 aromatic rings. The zero-order valence-electron chi connectivity index (χ0n) is 14.6. The molecular weight excluding hydrogens is 296 g/mol. The van der Waals surface area contributed by atoms with Gasteiger partial charge in [-0.05, 0) is 53.9 Å². The second kappa shape index (κ2) is 7.68. The molecular formula is C18H26O5. The minimum absolute atomic E-state index is 0.108. The number of ether oxygens (including phenoxy) is 1. The third-order valence-corrected chi connectivity index (χ3v) is 4.40. The summed E-state index contributed by atoms with van der Waals surface area (Å²) in [5.41, 5.74) is 0.800. The van der Waals surface area contributed by atoms with Crippen LogP contribution in [0.3, 0.4) is 0 Å². The van der Waals surface area contributed by atoms with Gasteiger partial charge in [-0.3, -0.25) is 14.4 Å². The summed E-state index contributed by atoms with van der Waals surface area (Å²) in [6, 6.07) is 0. The smallest absolute Gasteiger partial charge is 0.305 e. The molecule has 23 heavy (non-hydrogen) atoms. The molecule has 0 heterocycles. The summed E-state index contributed by atoms with van der Waals surface area (Å²) in [5.74, 6) is -0.578. The lowest BCUT2D eigenvalue weighted by Gasteiger charge is -2.25. The van der Waals surface area contributed by atoms with E-state index in [1.54, 1.807) is 34.6 Å². The molecule has 5 heteroatoms. The minimum atomic E-state index is -1.09. The van der Waals surface area contributed by atoms with Crippen LogP contribution >= 0.6 is 0 Å². The summed E-state index contributed by atoms with van der Waals surface area (Å²) in [4.78, 5) is 35.8. The lowest BCUT2D eigenvalue weighted by atomic mass is 9.82. The van der Waals surface area contributed by atoms with Crippen LogP contribution < -0.4 is 0 Å². The van der Waals surface area contributed by atoms with Crippen LogP contribution in [0.5, 0.6) is 0 Å². The molecule has 0 bridgehead atoms. The van der Waals surface area contributed by atoms with E-state index < -0.39 is 5.60 Å². The second-order valence-corrected chi connectivity index (χ2v) is 6.31. The van der Waals surface area contributed by atoms with E-state index in [0.717, 1.165) is 0 Å². The first kappa shape index (κ1) is 19.3. The Morgan fingerprint density at radius 3 is 2.17 bits per heavy atom. The maximum atomic E-state index is 12.3. The predicted molar refractivity (Wildman–Crippen MR) is 86.8 cm³/mol. The fourth-order valence-electron chi connectivity index (χ4n) is 2.58. The van der Waals surface area contributed by atoms with Crippen molar-refractivity contribution in [2.75, 3.05) is 6.61 Å². The van der Waals surface area contributed by atoms with Gasteiger partial charge in [-0.2, -0.15) is 0 Å². The standard InChI is InChI=1S/C18H26O5/c1-6-23-15(19)8-10-18(5,22)9-7-14-13(4)16(20)11(2)12(3)17(14)21/h22H,6-10H2,1-5H3. The SMILES string of the molecule is CCOC(=O)CCC(C)(O)CCC1=C(C)C(=O)C(C)=C(C)C1=O. The molecule has 1 N–H and O–H groups in total. The Bertz CT molecular complexity index is 578. The summed E-state index contributed by atoms with van der Waals surface area (Å²) in [6.07, 6.45) is 1.01. The number of hydrogen-bond acceptors (Lipinski definition) is 5. The Kier molecular flexibility index (Phi) is 6.45. The van der Waals surface area contributed by atoms with Gasteiger partial charge in [0.15, 0.2) is 11.6 Å². The van der Waals surface area contributed by atoms with Gasteiger partial charge in [-0.1, -0.05) is 0 Å². The lowest BCUT2D eigenvalue weighted by molar-refractivity contribution is -0.144. The average molecular weight is 322 g/mol. The zero-order valence-corrected chi connectivity index (χ0v) is 14.6. The van der Waals surface area contributed by atoms with E-state index in [1.165, 1.54) is 0 Å². The van der Waals surface area contributed by atoms with Crippen LogP contribution in [0, 0.1) is 0 Å². The number of rotatable bonds is 7. The van der Waals surface area contributed by atoms with E-state index in [1.807, 2.05) is 0 Å². The Hall–Kier alpha value is -1.75. The van der Waals surface area contributed by atoms with E-state index in [9.17, 15) is 19.5 Å². The summed E-state index contributed by atoms with van der Waals surface area (Å²) >= 11 is 0. The van der Waals surface area contributed by atoms with Crippen molar-refractivity contribution in [3.63, 3.8) is 0 Å². The van der Waals surface area contributed by atoms with Gasteiger partial charge in [-0.15, -0.1) is 0 Å². The van der Waals surface area contributed by atoms with Crippen LogP contribution in [0.2, 0.25) is 0 Å². The van der Waals surface area contributed by atoms with Crippen molar-refractivity contribution in [3.05, 3.63) is 22.3 Å². The molecule has 0 saturated heterocycles. The van der Waals surface area contributed by atoms with Crippen molar-refractivity contribution in [2.45, 2.75) is 65.9 Å². The van der Waals surface area contributed by atoms with Gasteiger partial charge >= 0.3 is 5.97 Å². The summed E-state index contributed by atoms with van der Waals surface area (Å²) in [5, 5.41) is 10.4. The van der Waals surface area contributed by atoms with E-state index in [-0.39, 0.29) is 30.4 Å². The van der Waals surface area contributed by atoms with Gasteiger partial charge in [0, 0.05) is 28.7 Å². The van der Waals surface area contributed by atoms with E-state index in [4.69, 9.17) is 4.74 Å². The summed E-state index contributed by atoms with van der Waals surface area (Å²) in [6.45, 7) is 8.64. The second-order valence-electron chi connectivity index (χ2n) is 6.31. The average Bonchev–Trinajstić information content (AvgIpc) is 2.49. The number of carbonyl (C=O) groups excluding carboxylic acids is 3. The van der Waals surface area contributed by atoms with Crippen molar-refractivity contribution in [1.82, 2.24) is 0 Å². The molecule has 1 atom stereocenters. The van der Waals surface area contributed by atoms with E-state index in [0.29, 0.717) is 41.7 Å². The van der Waals surface area contributed by atoms with Gasteiger partial charge in [-0.25, -0.2) is 0 Å². The molecule has 1 rings (SSSR count). The van der Waals surface area contributed by atoms with Crippen LogP contribution in [-0.2, 0) is 19.1 Å². The molecule has 0 amide bonds. The number of allylic oxidation sites excluding steroid dienone is 4. The Balaban J connectivity index is 2.71. The van der Waals surface area contributed by atoms with Crippen molar-refractivity contribution < 1.29 is 24.2 Å². The first-order chi connectivity index (χ1) is 10.6. The molecule has 0 saturated carbocycles. The highest BCUT2D eigenvalue weighted by atomic mass is 16.5. The lowest BCUT2D eigenvalue weighted by Crippen LogP contribution is -2.28. The molecule has 1 aliphatic rings. The Morgan fingerprint density at radius 1 is 1.04 bits per heavy atom. The number of esters is 1. The maximum absolute atomic E-state index is 12.3. The Morgan fingerprint density at radius 2 is 1.61 bits per heavy atom. The first-order valence-electron chi connectivity index (χ1n) is 7.95. The van der Waals surface area contributed by atoms with Gasteiger partial charge in [0.05, 0.1) is 12.2 Å². The highest BCUT2D eigenvalue weighted by Gasteiger charge is 2.30. The number of hydrogen-bond donors (Lipinski definition) is 1. The minimum Gasteiger partial charge on any atom is -0.466 e. The van der Waals surface area contributed by atoms with Crippen LogP contribution in [0.15, 0.2) is 22.3 Å². The maximum Gasteiger partial charge on any atom is 0.305 e. The van der Waals surface area contributed by atoms with Crippen LogP contribution in [-0.4, -0.2) is 34.9 Å². The van der Waals surface area contributed by atoms with Crippen molar-refractivity contribution >= 4 is 17.5 Å². The van der Waals surface area contributed by atoms with Crippen LogP contribution in [0.4, 0.5) is 0 Å². The largest absolute Gasteiger partial charge is 0.466 e. The van der Waals surface area contributed by atoms with E-state index >= 15 is 0 Å². The molecule has 0 spiro atoms.